The zero-order chi connectivity index (χ0) is 21.7. The van der Waals surface area contributed by atoms with Gasteiger partial charge in [-0.15, -0.1) is 4.40 Å². The number of hydrogen-bond acceptors (Lipinski definition) is 7. The second-order valence-corrected chi connectivity index (χ2v) is 8.69. The Bertz CT molecular complexity index is 1210. The molecule has 0 aliphatic carbocycles. The Labute approximate surface area is 178 Å². The molecule has 0 bridgehead atoms. The van der Waals surface area contributed by atoms with Crippen LogP contribution in [-0.4, -0.2) is 39.3 Å². The summed E-state index contributed by atoms with van der Waals surface area (Å²) in [6.45, 7) is 4.16. The molecule has 3 aromatic rings. The molecule has 3 rings (SSSR count). The highest BCUT2D eigenvalue weighted by atomic mass is 32.2. The lowest BCUT2D eigenvalue weighted by Crippen LogP contribution is -2.23. The monoisotopic (exact) mass is 450 g/mol. The maximum Gasteiger partial charge on any atom is 0.326 e. The molecule has 0 saturated carbocycles. The third-order valence-electron chi connectivity index (χ3n) is 4.11. The van der Waals surface area contributed by atoms with E-state index in [1.807, 2.05) is 6.92 Å². The predicted molar refractivity (Wildman–Crippen MR) is 113 cm³/mol. The molecule has 1 heterocycles. The van der Waals surface area contributed by atoms with Gasteiger partial charge in [-0.25, -0.2) is 0 Å². The number of benzene rings is 2. The third kappa shape index (κ3) is 4.82. The van der Waals surface area contributed by atoms with Crippen LogP contribution in [0.4, 0.5) is 0 Å². The summed E-state index contributed by atoms with van der Waals surface area (Å²) >= 11 is 1.16. The van der Waals surface area contributed by atoms with Crippen molar-refractivity contribution in [3.8, 4) is 11.5 Å². The number of esters is 1. The molecule has 0 amide bonds. The molecule has 0 fully saturated rings. The molecule has 10 heteroatoms. The van der Waals surface area contributed by atoms with Gasteiger partial charge in [-0.2, -0.15) is 8.42 Å². The summed E-state index contributed by atoms with van der Waals surface area (Å²) in [6.07, 6.45) is 0. The second kappa shape index (κ2) is 9.31. The van der Waals surface area contributed by atoms with Crippen LogP contribution in [0.1, 0.15) is 13.8 Å². The van der Waals surface area contributed by atoms with Gasteiger partial charge in [-0.1, -0.05) is 11.3 Å². The molecule has 0 aliphatic heterocycles. The number of carbonyl (C=O) groups is 1. The van der Waals surface area contributed by atoms with Gasteiger partial charge < -0.3 is 18.8 Å². The van der Waals surface area contributed by atoms with E-state index in [1.165, 1.54) is 23.8 Å². The number of carbonyl (C=O) groups excluding carboxylic acids is 1. The Hall–Kier alpha value is -2.85. The topological polar surface area (TPSA) is 96.2 Å². The summed E-state index contributed by atoms with van der Waals surface area (Å²) in [4.78, 5) is 12.3. The minimum atomic E-state index is -4.00. The lowest BCUT2D eigenvalue weighted by atomic mass is 10.3. The first-order valence-corrected chi connectivity index (χ1v) is 11.5. The summed E-state index contributed by atoms with van der Waals surface area (Å²) < 4.78 is 47.6. The minimum Gasteiger partial charge on any atom is -0.497 e. The standard InChI is InChI=1S/C20H22N2O6S2/c1-4-27-15-8-11-17-18(12-15)29-20(22(17)13-19(23)28-5-2)21-30(24,25)16-9-6-14(26-3)7-10-16/h6-12H,4-5,13H2,1-3H3. The smallest absolute Gasteiger partial charge is 0.326 e. The summed E-state index contributed by atoms with van der Waals surface area (Å²) in [6, 6.07) is 11.3. The highest BCUT2D eigenvalue weighted by Crippen LogP contribution is 2.24. The average Bonchev–Trinajstić information content (AvgIpc) is 3.04. The number of fused-ring (bicyclic) bond motifs is 1. The van der Waals surface area contributed by atoms with Crippen molar-refractivity contribution in [3.63, 3.8) is 0 Å². The number of nitrogens with zero attached hydrogens (tertiary/aromatic N) is 2. The van der Waals surface area contributed by atoms with Crippen LogP contribution >= 0.6 is 11.3 Å². The van der Waals surface area contributed by atoms with E-state index in [0.717, 1.165) is 16.0 Å². The van der Waals surface area contributed by atoms with Crippen molar-refractivity contribution in [1.29, 1.82) is 0 Å². The molecule has 160 valence electrons. The number of rotatable bonds is 8. The second-order valence-electron chi connectivity index (χ2n) is 6.08. The van der Waals surface area contributed by atoms with Crippen molar-refractivity contribution in [2.45, 2.75) is 25.3 Å². The van der Waals surface area contributed by atoms with Crippen molar-refractivity contribution < 1.29 is 27.4 Å². The number of hydrogen-bond donors (Lipinski definition) is 0. The maximum absolute atomic E-state index is 12.9. The van der Waals surface area contributed by atoms with Crippen LogP contribution in [0, 0.1) is 0 Å². The lowest BCUT2D eigenvalue weighted by Gasteiger charge is -2.06. The van der Waals surface area contributed by atoms with Crippen molar-refractivity contribution in [3.05, 3.63) is 47.3 Å². The molecule has 0 N–H and O–H groups in total. The number of methoxy groups -OCH3 is 1. The molecule has 0 atom stereocenters. The molecule has 0 saturated heterocycles. The quantitative estimate of drug-likeness (QED) is 0.490. The van der Waals surface area contributed by atoms with Crippen molar-refractivity contribution in [2.24, 2.45) is 4.40 Å². The average molecular weight is 451 g/mol. The molecule has 0 radical (unpaired) electrons. The van der Waals surface area contributed by atoms with Gasteiger partial charge in [0.05, 0.1) is 35.4 Å². The van der Waals surface area contributed by atoms with Gasteiger partial charge in [0.25, 0.3) is 10.0 Å². The first-order chi connectivity index (χ1) is 14.4. The maximum atomic E-state index is 12.9. The van der Waals surface area contributed by atoms with Crippen LogP contribution in [-0.2, 0) is 26.1 Å². The highest BCUT2D eigenvalue weighted by Gasteiger charge is 2.17. The van der Waals surface area contributed by atoms with Crippen molar-refractivity contribution in [2.75, 3.05) is 20.3 Å². The van der Waals surface area contributed by atoms with E-state index in [2.05, 4.69) is 4.40 Å². The molecule has 0 spiro atoms. The lowest BCUT2D eigenvalue weighted by molar-refractivity contribution is -0.143. The van der Waals surface area contributed by atoms with Crippen LogP contribution in [0.3, 0.4) is 0 Å². The molecular weight excluding hydrogens is 428 g/mol. The van der Waals surface area contributed by atoms with E-state index in [0.29, 0.717) is 23.6 Å². The number of thiazole rings is 1. The zero-order valence-corrected chi connectivity index (χ0v) is 18.5. The van der Waals surface area contributed by atoms with E-state index >= 15 is 0 Å². The van der Waals surface area contributed by atoms with Gasteiger partial charge in [0.1, 0.15) is 18.0 Å². The Balaban J connectivity index is 2.14. The molecule has 0 unspecified atom stereocenters. The Morgan fingerprint density at radius 2 is 1.77 bits per heavy atom. The summed E-state index contributed by atoms with van der Waals surface area (Å²) in [5, 5.41) is 0. The Morgan fingerprint density at radius 1 is 1.07 bits per heavy atom. The van der Waals surface area contributed by atoms with Crippen LogP contribution in [0.15, 0.2) is 51.8 Å². The van der Waals surface area contributed by atoms with Gasteiger partial charge >= 0.3 is 5.97 Å². The first-order valence-electron chi connectivity index (χ1n) is 9.24. The van der Waals surface area contributed by atoms with E-state index in [-0.39, 0.29) is 22.8 Å². The van der Waals surface area contributed by atoms with E-state index in [4.69, 9.17) is 14.2 Å². The Morgan fingerprint density at radius 3 is 2.40 bits per heavy atom. The number of sulfonamides is 1. The molecule has 8 nitrogen and oxygen atoms in total. The molecule has 0 aliphatic rings. The SMILES string of the molecule is CCOC(=O)Cn1c(=NS(=O)(=O)c2ccc(OC)cc2)sc2cc(OCC)ccc21. The van der Waals surface area contributed by atoms with Gasteiger partial charge in [-0.05, 0) is 56.3 Å². The first kappa shape index (κ1) is 21.8. The Kier molecular flexibility index (Phi) is 6.78. The van der Waals surface area contributed by atoms with Gasteiger partial charge in [0.15, 0.2) is 0 Å². The van der Waals surface area contributed by atoms with Crippen molar-refractivity contribution >= 4 is 37.5 Å². The predicted octanol–water partition coefficient (Wildman–Crippen LogP) is 2.96. The van der Waals surface area contributed by atoms with E-state index in [9.17, 15) is 13.2 Å². The summed E-state index contributed by atoms with van der Waals surface area (Å²) in [5.74, 6) is 0.713. The minimum absolute atomic E-state index is 0.0263. The largest absolute Gasteiger partial charge is 0.497 e. The van der Waals surface area contributed by atoms with E-state index in [1.54, 1.807) is 37.3 Å². The van der Waals surface area contributed by atoms with Crippen molar-refractivity contribution in [1.82, 2.24) is 4.57 Å². The van der Waals surface area contributed by atoms with Crippen LogP contribution < -0.4 is 14.3 Å². The fourth-order valence-electron chi connectivity index (χ4n) is 2.77. The van der Waals surface area contributed by atoms with Gasteiger partial charge in [-0.3, -0.25) is 4.79 Å². The molecule has 2 aromatic carbocycles. The van der Waals surface area contributed by atoms with E-state index < -0.39 is 16.0 Å². The van der Waals surface area contributed by atoms with Gasteiger partial charge in [0, 0.05) is 0 Å². The van der Waals surface area contributed by atoms with Crippen LogP contribution in [0.25, 0.3) is 10.2 Å². The molecular formula is C20H22N2O6S2. The number of aromatic nitrogens is 1. The normalized spacial score (nSPS) is 12.2. The van der Waals surface area contributed by atoms with Gasteiger partial charge in [0.2, 0.25) is 4.80 Å². The fraction of sp³-hybridized carbons (Fsp3) is 0.300. The summed E-state index contributed by atoms with van der Waals surface area (Å²) in [5.41, 5.74) is 0.667. The fourth-order valence-corrected chi connectivity index (χ4v) is 5.03. The zero-order valence-electron chi connectivity index (χ0n) is 16.8. The summed E-state index contributed by atoms with van der Waals surface area (Å²) in [7, 11) is -2.50. The molecule has 30 heavy (non-hydrogen) atoms. The number of ether oxygens (including phenoxy) is 3. The van der Waals surface area contributed by atoms with Crippen LogP contribution in [0.5, 0.6) is 11.5 Å². The third-order valence-corrected chi connectivity index (χ3v) is 6.55. The highest BCUT2D eigenvalue weighted by molar-refractivity contribution is 7.90. The molecule has 1 aromatic heterocycles. The van der Waals surface area contributed by atoms with Crippen LogP contribution in [0.2, 0.25) is 0 Å².